The van der Waals surface area contributed by atoms with Crippen LogP contribution in [0.3, 0.4) is 0 Å². The molecule has 2 nitrogen and oxygen atoms in total. The highest BCUT2D eigenvalue weighted by Crippen LogP contribution is 2.37. The van der Waals surface area contributed by atoms with Gasteiger partial charge in [0.05, 0.1) is 11.6 Å². The first kappa shape index (κ1) is 14.2. The van der Waals surface area contributed by atoms with Crippen LogP contribution < -0.4 is 10.1 Å². The minimum atomic E-state index is 0.175. The molecule has 2 heterocycles. The zero-order valence-electron chi connectivity index (χ0n) is 11.1. The maximum atomic E-state index is 6.24. The molecule has 20 heavy (non-hydrogen) atoms. The third-order valence-electron chi connectivity index (χ3n) is 3.56. The molecule has 0 saturated heterocycles. The van der Waals surface area contributed by atoms with Crippen LogP contribution in [0.2, 0.25) is 10.0 Å². The quantitative estimate of drug-likeness (QED) is 0.893. The molecular formula is C15H15Cl2NOS. The molecule has 2 aromatic rings. The topological polar surface area (TPSA) is 21.3 Å². The van der Waals surface area contributed by atoms with Gasteiger partial charge in [-0.05, 0) is 48.2 Å². The summed E-state index contributed by atoms with van der Waals surface area (Å²) in [6.45, 7) is 0.743. The molecule has 0 spiro atoms. The van der Waals surface area contributed by atoms with Crippen molar-refractivity contribution in [3.8, 4) is 5.75 Å². The predicted octanol–water partition coefficient (Wildman–Crippen LogP) is 4.49. The second-order valence-electron chi connectivity index (χ2n) is 4.83. The van der Waals surface area contributed by atoms with E-state index in [2.05, 4.69) is 5.32 Å². The van der Waals surface area contributed by atoms with E-state index in [1.54, 1.807) is 11.3 Å². The Morgan fingerprint density at radius 1 is 1.40 bits per heavy atom. The third-order valence-corrected chi connectivity index (χ3v) is 5.25. The van der Waals surface area contributed by atoms with E-state index >= 15 is 0 Å². The monoisotopic (exact) mass is 327 g/mol. The maximum Gasteiger partial charge on any atom is 0.125 e. The summed E-state index contributed by atoms with van der Waals surface area (Å²) in [5, 5.41) is 6.93. The molecule has 5 heteroatoms. The summed E-state index contributed by atoms with van der Waals surface area (Å²) in [7, 11) is 1.95. The van der Waals surface area contributed by atoms with E-state index in [1.165, 1.54) is 5.56 Å². The average Bonchev–Trinajstić information content (AvgIpc) is 3.04. The van der Waals surface area contributed by atoms with Crippen LogP contribution >= 0.6 is 34.5 Å². The molecule has 1 aromatic carbocycles. The van der Waals surface area contributed by atoms with Gasteiger partial charge < -0.3 is 10.1 Å². The molecule has 0 amide bonds. The standard InChI is InChI=1S/C15H15Cl2NOS/c1-18-13(15-12(17)3-5-20-15)8-10-7-11(16)6-9-2-4-19-14(9)10/h3,5-7,13,18H,2,4,8H2,1H3. The van der Waals surface area contributed by atoms with E-state index in [0.717, 1.165) is 45.7 Å². The van der Waals surface area contributed by atoms with Crippen LogP contribution in [0, 0.1) is 0 Å². The number of ether oxygens (including phenoxy) is 1. The van der Waals surface area contributed by atoms with Crippen LogP contribution in [0.25, 0.3) is 0 Å². The Bertz CT molecular complexity index is 626. The molecule has 1 aromatic heterocycles. The first-order valence-electron chi connectivity index (χ1n) is 6.53. The lowest BCUT2D eigenvalue weighted by molar-refractivity contribution is 0.352. The van der Waals surface area contributed by atoms with Crippen LogP contribution in [-0.2, 0) is 12.8 Å². The molecular weight excluding hydrogens is 313 g/mol. The Morgan fingerprint density at radius 2 is 2.25 bits per heavy atom. The van der Waals surface area contributed by atoms with Gasteiger partial charge >= 0.3 is 0 Å². The number of hydrogen-bond acceptors (Lipinski definition) is 3. The summed E-state index contributed by atoms with van der Waals surface area (Å²) >= 11 is 14.1. The molecule has 1 aliphatic rings. The molecule has 0 fully saturated rings. The highest BCUT2D eigenvalue weighted by Gasteiger charge is 2.22. The Kier molecular flexibility index (Phi) is 4.22. The van der Waals surface area contributed by atoms with Crippen molar-refractivity contribution in [2.24, 2.45) is 0 Å². The molecule has 3 rings (SSSR count). The van der Waals surface area contributed by atoms with E-state index in [0.29, 0.717) is 0 Å². The highest BCUT2D eigenvalue weighted by atomic mass is 35.5. The van der Waals surface area contributed by atoms with Crippen molar-refractivity contribution >= 4 is 34.5 Å². The van der Waals surface area contributed by atoms with E-state index in [1.807, 2.05) is 30.6 Å². The fraction of sp³-hybridized carbons (Fsp3) is 0.333. The van der Waals surface area contributed by atoms with Gasteiger partial charge in [0.25, 0.3) is 0 Å². The summed E-state index contributed by atoms with van der Waals surface area (Å²) in [6.07, 6.45) is 1.76. The zero-order valence-corrected chi connectivity index (χ0v) is 13.4. The van der Waals surface area contributed by atoms with Crippen LogP contribution in [0.15, 0.2) is 23.6 Å². The summed E-state index contributed by atoms with van der Waals surface area (Å²) < 4.78 is 5.76. The Balaban J connectivity index is 1.92. The average molecular weight is 328 g/mol. The largest absolute Gasteiger partial charge is 0.493 e. The first-order valence-corrected chi connectivity index (χ1v) is 8.17. The van der Waals surface area contributed by atoms with Gasteiger partial charge in [0.2, 0.25) is 0 Å². The van der Waals surface area contributed by atoms with Crippen molar-refractivity contribution in [1.29, 1.82) is 0 Å². The van der Waals surface area contributed by atoms with E-state index < -0.39 is 0 Å². The lowest BCUT2D eigenvalue weighted by Gasteiger charge is -2.17. The number of likely N-dealkylation sites (N-methyl/N-ethyl adjacent to an activating group) is 1. The molecule has 1 aliphatic heterocycles. The van der Waals surface area contributed by atoms with E-state index in [9.17, 15) is 0 Å². The second-order valence-corrected chi connectivity index (χ2v) is 6.62. The van der Waals surface area contributed by atoms with E-state index in [-0.39, 0.29) is 6.04 Å². The van der Waals surface area contributed by atoms with Gasteiger partial charge in [-0.15, -0.1) is 11.3 Å². The number of rotatable bonds is 4. The number of nitrogens with one attached hydrogen (secondary N) is 1. The predicted molar refractivity (Wildman–Crippen MR) is 85.5 cm³/mol. The number of hydrogen-bond donors (Lipinski definition) is 1. The summed E-state index contributed by atoms with van der Waals surface area (Å²) in [5.41, 5.74) is 2.36. The Morgan fingerprint density at radius 3 is 2.95 bits per heavy atom. The molecule has 0 radical (unpaired) electrons. The van der Waals surface area contributed by atoms with Crippen molar-refractivity contribution in [3.63, 3.8) is 0 Å². The van der Waals surface area contributed by atoms with Gasteiger partial charge in [0.15, 0.2) is 0 Å². The van der Waals surface area contributed by atoms with Crippen LogP contribution in [0.1, 0.15) is 22.0 Å². The van der Waals surface area contributed by atoms with Crippen LogP contribution in [0.5, 0.6) is 5.75 Å². The lowest BCUT2D eigenvalue weighted by atomic mass is 10.0. The van der Waals surface area contributed by atoms with Gasteiger partial charge in [-0.3, -0.25) is 0 Å². The zero-order chi connectivity index (χ0) is 14.1. The van der Waals surface area contributed by atoms with Crippen LogP contribution in [-0.4, -0.2) is 13.7 Å². The molecule has 0 bridgehead atoms. The summed E-state index contributed by atoms with van der Waals surface area (Å²) in [4.78, 5) is 1.15. The van der Waals surface area contributed by atoms with Crippen molar-refractivity contribution in [2.45, 2.75) is 18.9 Å². The lowest BCUT2D eigenvalue weighted by Crippen LogP contribution is -2.18. The smallest absolute Gasteiger partial charge is 0.125 e. The molecule has 106 valence electrons. The Hall–Kier alpha value is -0.740. The van der Waals surface area contributed by atoms with Gasteiger partial charge in [-0.1, -0.05) is 23.2 Å². The molecule has 0 saturated carbocycles. The van der Waals surface area contributed by atoms with Gasteiger partial charge in [-0.25, -0.2) is 0 Å². The summed E-state index contributed by atoms with van der Waals surface area (Å²) in [6, 6.07) is 6.11. The number of halogens is 2. The molecule has 1 unspecified atom stereocenters. The minimum Gasteiger partial charge on any atom is -0.493 e. The van der Waals surface area contributed by atoms with Crippen molar-refractivity contribution in [1.82, 2.24) is 5.32 Å². The second kappa shape index (κ2) is 5.94. The normalized spacial score (nSPS) is 14.9. The minimum absolute atomic E-state index is 0.175. The molecule has 0 aliphatic carbocycles. The number of benzene rings is 1. The maximum absolute atomic E-state index is 6.24. The summed E-state index contributed by atoms with van der Waals surface area (Å²) in [5.74, 6) is 1.00. The number of thiophene rings is 1. The Labute approximate surface area is 132 Å². The van der Waals surface area contributed by atoms with Crippen molar-refractivity contribution in [2.75, 3.05) is 13.7 Å². The van der Waals surface area contributed by atoms with E-state index in [4.69, 9.17) is 27.9 Å². The fourth-order valence-electron chi connectivity index (χ4n) is 2.60. The third kappa shape index (κ3) is 2.68. The SMILES string of the molecule is CNC(Cc1cc(Cl)cc2c1OCC2)c1sccc1Cl. The number of fused-ring (bicyclic) bond motifs is 1. The van der Waals surface area contributed by atoms with Gasteiger partial charge in [0, 0.05) is 22.4 Å². The van der Waals surface area contributed by atoms with Gasteiger partial charge in [-0.2, -0.15) is 0 Å². The molecule has 1 N–H and O–H groups in total. The van der Waals surface area contributed by atoms with Crippen molar-refractivity contribution < 1.29 is 4.74 Å². The fourth-order valence-corrected chi connectivity index (χ4v) is 4.16. The highest BCUT2D eigenvalue weighted by molar-refractivity contribution is 7.10. The van der Waals surface area contributed by atoms with Gasteiger partial charge in [0.1, 0.15) is 5.75 Å². The molecule has 1 atom stereocenters. The first-order chi connectivity index (χ1) is 9.69. The van der Waals surface area contributed by atoms with Crippen molar-refractivity contribution in [3.05, 3.63) is 49.6 Å². The van der Waals surface area contributed by atoms with Crippen LogP contribution in [0.4, 0.5) is 0 Å².